The average Bonchev–Trinajstić information content (AvgIpc) is 3.47. The van der Waals surface area contributed by atoms with Gasteiger partial charge in [0.05, 0.1) is 23.7 Å². The van der Waals surface area contributed by atoms with Crippen molar-refractivity contribution in [3.05, 3.63) is 53.6 Å². The number of carboxylic acid groups (broad SMARTS) is 1. The predicted octanol–water partition coefficient (Wildman–Crippen LogP) is 8.63. The van der Waals surface area contributed by atoms with Crippen molar-refractivity contribution >= 4 is 27.5 Å². The Hall–Kier alpha value is -2.65. The minimum absolute atomic E-state index is 0.0340. The van der Waals surface area contributed by atoms with Crippen LogP contribution in [0, 0.1) is 51.2 Å². The third-order valence-electron chi connectivity index (χ3n) is 16.7. The molecule has 1 aromatic rings. The summed E-state index contributed by atoms with van der Waals surface area (Å²) in [6.45, 7) is 21.6. The molecule has 0 bridgehead atoms. The quantitative estimate of drug-likeness (QED) is 0.202. The number of amides is 1. The topological polar surface area (TPSA) is 113 Å². The van der Waals surface area contributed by atoms with E-state index in [1.54, 1.807) is 12.1 Å². The van der Waals surface area contributed by atoms with E-state index in [2.05, 4.69) is 64.4 Å². The Morgan fingerprint density at radius 1 is 0.925 bits per heavy atom. The first-order valence-electron chi connectivity index (χ1n) is 20.4. The van der Waals surface area contributed by atoms with Crippen molar-refractivity contribution in [3.63, 3.8) is 0 Å². The highest BCUT2D eigenvalue weighted by Gasteiger charge is 2.70. The van der Waals surface area contributed by atoms with Crippen LogP contribution in [-0.2, 0) is 14.6 Å². The van der Waals surface area contributed by atoms with Gasteiger partial charge in [0.1, 0.15) is 0 Å². The predicted molar refractivity (Wildman–Crippen MR) is 210 cm³/mol. The summed E-state index contributed by atoms with van der Waals surface area (Å²) in [6, 6.07) is 7.50. The molecule has 0 spiro atoms. The van der Waals surface area contributed by atoms with Crippen molar-refractivity contribution in [1.29, 1.82) is 0 Å². The molecule has 5 fully saturated rings. The summed E-state index contributed by atoms with van der Waals surface area (Å²) in [5.41, 5.74) is 4.24. The molecule has 8 nitrogen and oxygen atoms in total. The van der Waals surface area contributed by atoms with Crippen LogP contribution < -0.4 is 5.32 Å². The van der Waals surface area contributed by atoms with E-state index < -0.39 is 15.8 Å². The average molecular weight is 749 g/mol. The lowest BCUT2D eigenvalue weighted by Gasteiger charge is -2.72. The number of sulfone groups is 1. The summed E-state index contributed by atoms with van der Waals surface area (Å²) in [7, 11) is -2.91. The Labute approximate surface area is 318 Å². The highest BCUT2D eigenvalue weighted by molar-refractivity contribution is 7.91. The molecule has 0 unspecified atom stereocenters. The van der Waals surface area contributed by atoms with Crippen LogP contribution in [0.5, 0.6) is 0 Å². The molecule has 1 aliphatic heterocycles. The van der Waals surface area contributed by atoms with Gasteiger partial charge in [0.25, 0.3) is 0 Å². The Morgan fingerprint density at radius 2 is 1.62 bits per heavy atom. The van der Waals surface area contributed by atoms with Gasteiger partial charge in [0.15, 0.2) is 9.84 Å². The number of rotatable bonds is 8. The third-order valence-corrected chi connectivity index (χ3v) is 18.3. The second-order valence-electron chi connectivity index (χ2n) is 19.4. The van der Waals surface area contributed by atoms with Crippen LogP contribution in [0.3, 0.4) is 0 Å². The van der Waals surface area contributed by atoms with Crippen LogP contribution >= 0.6 is 0 Å². The molecule has 5 aliphatic carbocycles. The van der Waals surface area contributed by atoms with E-state index >= 15 is 0 Å². The van der Waals surface area contributed by atoms with Crippen LogP contribution in [0.1, 0.15) is 122 Å². The summed E-state index contributed by atoms with van der Waals surface area (Å²) >= 11 is 0. The second-order valence-corrected chi connectivity index (χ2v) is 21.7. The van der Waals surface area contributed by atoms with Crippen molar-refractivity contribution in [3.8, 4) is 0 Å². The smallest absolute Gasteiger partial charge is 0.407 e. The molecule has 4 saturated carbocycles. The van der Waals surface area contributed by atoms with E-state index in [1.807, 2.05) is 12.1 Å². The number of carbonyl (C=O) groups is 2. The molecular formula is C44H64N2O6S. The molecule has 1 aromatic carbocycles. The number of alkyl carbamates (subject to hydrolysis) is 1. The number of aromatic carboxylic acids is 1. The largest absolute Gasteiger partial charge is 0.478 e. The van der Waals surface area contributed by atoms with E-state index in [4.69, 9.17) is 4.74 Å². The molecule has 1 heterocycles. The Bertz CT molecular complexity index is 1760. The van der Waals surface area contributed by atoms with Gasteiger partial charge >= 0.3 is 12.1 Å². The second kappa shape index (κ2) is 13.5. The zero-order chi connectivity index (χ0) is 38.2. The zero-order valence-electron chi connectivity index (χ0n) is 33.1. The van der Waals surface area contributed by atoms with E-state index in [9.17, 15) is 23.1 Å². The number of nitrogens with zero attached hydrogens (tertiary/aromatic N) is 1. The molecule has 2 N–H and O–H groups in total. The normalized spacial score (nSPS) is 40.0. The molecule has 9 atom stereocenters. The van der Waals surface area contributed by atoms with Crippen LogP contribution in [0.25, 0.3) is 5.57 Å². The summed E-state index contributed by atoms with van der Waals surface area (Å²) in [5.74, 6) is 1.88. The van der Waals surface area contributed by atoms with Crippen molar-refractivity contribution in [2.75, 3.05) is 37.7 Å². The lowest BCUT2D eigenvalue weighted by Crippen LogP contribution is -2.68. The standard InChI is InChI=1S/C44H64N2O6S/c1-29(2)32-15-20-44(45-39(49)52-26-8-23-46-24-27-53(50,51)28-25-46)22-21-42(6)34(37(32)44)13-14-36-41(5)18-16-33(30-9-11-31(12-10-30)38(47)48)40(3,4)35(41)17-19-43(36,42)7/h9-12,16,32,34-37H,1,8,13-15,17-28H2,2-7H3,(H,45,49)(H,47,48)/t32-,34+,35-,36+,37+,41-,42+,43+,44-/m0/s1. The summed E-state index contributed by atoms with van der Waals surface area (Å²) in [6.07, 6.45) is 12.8. The maximum Gasteiger partial charge on any atom is 0.407 e. The monoisotopic (exact) mass is 748 g/mol. The molecule has 1 amide bonds. The molecule has 1 saturated heterocycles. The van der Waals surface area contributed by atoms with E-state index in [-0.39, 0.29) is 44.8 Å². The maximum absolute atomic E-state index is 13.5. The summed E-state index contributed by atoms with van der Waals surface area (Å²) < 4.78 is 29.4. The van der Waals surface area contributed by atoms with Crippen LogP contribution in [0.4, 0.5) is 4.79 Å². The van der Waals surface area contributed by atoms with Gasteiger partial charge < -0.3 is 20.1 Å². The highest BCUT2D eigenvalue weighted by atomic mass is 32.2. The van der Waals surface area contributed by atoms with Crippen LogP contribution in [0.15, 0.2) is 42.5 Å². The highest BCUT2D eigenvalue weighted by Crippen LogP contribution is 2.76. The van der Waals surface area contributed by atoms with Crippen molar-refractivity contribution in [2.45, 2.75) is 111 Å². The number of hydrogen-bond acceptors (Lipinski definition) is 6. The molecule has 9 heteroatoms. The summed E-state index contributed by atoms with van der Waals surface area (Å²) in [5, 5.41) is 13.0. The summed E-state index contributed by atoms with van der Waals surface area (Å²) in [4.78, 5) is 27.3. The van der Waals surface area contributed by atoms with Crippen LogP contribution in [-0.4, -0.2) is 73.8 Å². The Balaban J connectivity index is 1.09. The number of hydrogen-bond donors (Lipinski definition) is 2. The van der Waals surface area contributed by atoms with Gasteiger partial charge in [0, 0.05) is 25.2 Å². The molecular weight excluding hydrogens is 685 g/mol. The fourth-order valence-corrected chi connectivity index (χ4v) is 15.2. The number of fused-ring (bicyclic) bond motifs is 7. The maximum atomic E-state index is 13.5. The molecule has 0 radical (unpaired) electrons. The van der Waals surface area contributed by atoms with Crippen molar-refractivity contribution in [1.82, 2.24) is 10.2 Å². The minimum atomic E-state index is -2.91. The lowest BCUT2D eigenvalue weighted by molar-refractivity contribution is -0.218. The van der Waals surface area contributed by atoms with Gasteiger partial charge in [-0.2, -0.15) is 0 Å². The van der Waals surface area contributed by atoms with Gasteiger partial charge in [-0.15, -0.1) is 0 Å². The lowest BCUT2D eigenvalue weighted by atomic mass is 9.33. The van der Waals surface area contributed by atoms with E-state index in [0.29, 0.717) is 61.3 Å². The SMILES string of the molecule is C=C(C)[C@@H]1CC[C@]2(NC(=O)OCCCN3CCS(=O)(=O)CC3)CC[C@]3(C)[C@H](CC[C@@H]4[C@@]5(C)CC=C(c6ccc(C(=O)O)cc6)C(C)(C)[C@@H]5CC[C@]43C)[C@@H]12. The first-order chi connectivity index (χ1) is 24.9. The number of carboxylic acids is 1. The number of carbonyl (C=O) groups excluding carboxylic acids is 1. The Morgan fingerprint density at radius 3 is 2.28 bits per heavy atom. The van der Waals surface area contributed by atoms with Gasteiger partial charge in [0.2, 0.25) is 0 Å². The van der Waals surface area contributed by atoms with Crippen molar-refractivity contribution in [2.24, 2.45) is 51.2 Å². The number of allylic oxidation sites excluding steroid dienone is 3. The molecule has 292 valence electrons. The van der Waals surface area contributed by atoms with Crippen LogP contribution in [0.2, 0.25) is 0 Å². The molecule has 7 rings (SSSR count). The molecule has 0 aromatic heterocycles. The number of benzene rings is 1. The minimum Gasteiger partial charge on any atom is -0.478 e. The first-order valence-corrected chi connectivity index (χ1v) is 22.3. The van der Waals surface area contributed by atoms with E-state index in [1.165, 1.54) is 36.8 Å². The molecule has 53 heavy (non-hydrogen) atoms. The number of nitrogens with one attached hydrogen (secondary N) is 1. The van der Waals surface area contributed by atoms with Gasteiger partial charge in [-0.05, 0) is 146 Å². The fourth-order valence-electron chi connectivity index (χ4n) is 13.9. The van der Waals surface area contributed by atoms with E-state index in [0.717, 1.165) is 44.2 Å². The fraction of sp³-hybridized carbons (Fsp3) is 0.727. The third kappa shape index (κ3) is 6.32. The zero-order valence-corrected chi connectivity index (χ0v) is 34.0. The van der Waals surface area contributed by atoms with Crippen molar-refractivity contribution < 1.29 is 27.9 Å². The number of ether oxygens (including phenoxy) is 1. The molecule has 6 aliphatic rings. The van der Waals surface area contributed by atoms with Gasteiger partial charge in [-0.1, -0.05) is 65.0 Å². The van der Waals surface area contributed by atoms with Gasteiger partial charge in [-0.3, -0.25) is 0 Å². The first kappa shape index (κ1) is 38.6. The van der Waals surface area contributed by atoms with Gasteiger partial charge in [-0.25, -0.2) is 18.0 Å². The Kier molecular flexibility index (Phi) is 9.86.